The van der Waals surface area contributed by atoms with Crippen LogP contribution in [-0.4, -0.2) is 38.1 Å². The maximum absolute atomic E-state index is 9.81. The number of unbranched alkanes of at least 4 members (excludes halogenated alkanes) is 1. The molecule has 0 fully saturated rings. The van der Waals surface area contributed by atoms with Crippen LogP contribution in [0.1, 0.15) is 38.3 Å². The first-order chi connectivity index (χ1) is 10.1. The summed E-state index contributed by atoms with van der Waals surface area (Å²) >= 11 is 0. The van der Waals surface area contributed by atoms with E-state index in [0.717, 1.165) is 18.4 Å². The quantitative estimate of drug-likeness (QED) is 0.648. The predicted octanol–water partition coefficient (Wildman–Crippen LogP) is 2.27. The molecule has 1 rings (SSSR count). The van der Waals surface area contributed by atoms with Gasteiger partial charge in [0.15, 0.2) is 11.5 Å². The number of benzene rings is 1. The third-order valence-corrected chi connectivity index (χ3v) is 3.10. The molecule has 3 N–H and O–H groups in total. The fraction of sp³-hybridized carbons (Fsp3) is 0.625. The second-order valence-electron chi connectivity index (χ2n) is 5.09. The topological polar surface area (TPSA) is 73.9 Å². The number of methoxy groups -OCH3 is 1. The fourth-order valence-electron chi connectivity index (χ4n) is 1.79. The van der Waals surface area contributed by atoms with E-state index in [-0.39, 0.29) is 19.3 Å². The van der Waals surface area contributed by atoms with E-state index >= 15 is 0 Å². The maximum Gasteiger partial charge on any atom is 0.161 e. The van der Waals surface area contributed by atoms with E-state index in [1.807, 2.05) is 25.1 Å². The molecule has 0 aliphatic rings. The van der Waals surface area contributed by atoms with E-state index in [2.05, 4.69) is 6.92 Å². The van der Waals surface area contributed by atoms with Crippen LogP contribution in [-0.2, 0) is 4.74 Å². The third kappa shape index (κ3) is 6.33. The van der Waals surface area contributed by atoms with Gasteiger partial charge in [0, 0.05) is 12.6 Å². The molecule has 0 saturated carbocycles. The zero-order valence-electron chi connectivity index (χ0n) is 13.2. The second kappa shape index (κ2) is 9.60. The summed E-state index contributed by atoms with van der Waals surface area (Å²) in [6.07, 6.45) is 1.43. The Morgan fingerprint density at radius 1 is 1.24 bits per heavy atom. The van der Waals surface area contributed by atoms with E-state index in [1.165, 1.54) is 0 Å². The summed E-state index contributed by atoms with van der Waals surface area (Å²) in [5.41, 5.74) is 6.81. The molecule has 1 aromatic rings. The number of rotatable bonds is 10. The molecule has 5 nitrogen and oxygen atoms in total. The van der Waals surface area contributed by atoms with Crippen molar-refractivity contribution in [1.29, 1.82) is 0 Å². The van der Waals surface area contributed by atoms with Crippen molar-refractivity contribution in [1.82, 2.24) is 0 Å². The van der Waals surface area contributed by atoms with E-state index in [0.29, 0.717) is 18.1 Å². The van der Waals surface area contributed by atoms with Crippen LogP contribution < -0.4 is 15.2 Å². The van der Waals surface area contributed by atoms with Crippen LogP contribution >= 0.6 is 0 Å². The molecule has 0 aromatic heterocycles. The van der Waals surface area contributed by atoms with Gasteiger partial charge in [0.05, 0.1) is 13.7 Å². The molecule has 0 saturated heterocycles. The Bertz CT molecular complexity index is 409. The normalized spacial score (nSPS) is 13.8. The number of ether oxygens (including phenoxy) is 3. The zero-order valence-corrected chi connectivity index (χ0v) is 13.2. The standard InChI is InChI=1S/C16H27NO4/c1-4-5-8-20-10-14(18)11-21-15-7-6-13(12(2)17)9-16(15)19-3/h6-7,9,12,14,18H,4-5,8,10-11,17H2,1-3H3/t12-,14?/m1/s1. The van der Waals surface area contributed by atoms with E-state index in [9.17, 15) is 5.11 Å². The Balaban J connectivity index is 2.47. The van der Waals surface area contributed by atoms with Gasteiger partial charge in [-0.05, 0) is 31.0 Å². The smallest absolute Gasteiger partial charge is 0.161 e. The number of nitrogens with two attached hydrogens (primary N) is 1. The van der Waals surface area contributed by atoms with Crippen molar-refractivity contribution < 1.29 is 19.3 Å². The van der Waals surface area contributed by atoms with Crippen LogP contribution in [0.15, 0.2) is 18.2 Å². The van der Waals surface area contributed by atoms with Gasteiger partial charge >= 0.3 is 0 Å². The first-order valence-corrected chi connectivity index (χ1v) is 7.40. The average Bonchev–Trinajstić information content (AvgIpc) is 2.49. The van der Waals surface area contributed by atoms with Crippen LogP contribution in [0.3, 0.4) is 0 Å². The summed E-state index contributed by atoms with van der Waals surface area (Å²) in [4.78, 5) is 0. The molecular weight excluding hydrogens is 270 g/mol. The number of hydrogen-bond donors (Lipinski definition) is 2. The van der Waals surface area contributed by atoms with E-state index in [4.69, 9.17) is 19.9 Å². The lowest BCUT2D eigenvalue weighted by Crippen LogP contribution is -2.23. The van der Waals surface area contributed by atoms with Crippen LogP contribution in [0.5, 0.6) is 11.5 Å². The van der Waals surface area contributed by atoms with Crippen LogP contribution in [0, 0.1) is 0 Å². The minimum atomic E-state index is -0.653. The minimum absolute atomic E-state index is 0.0643. The second-order valence-corrected chi connectivity index (χ2v) is 5.09. The summed E-state index contributed by atoms with van der Waals surface area (Å²) in [6.45, 7) is 5.12. The molecule has 1 aromatic carbocycles. The molecule has 21 heavy (non-hydrogen) atoms. The number of aliphatic hydroxyl groups excluding tert-OH is 1. The Labute approximate surface area is 127 Å². The Hall–Kier alpha value is -1.30. The first-order valence-electron chi connectivity index (χ1n) is 7.40. The highest BCUT2D eigenvalue weighted by molar-refractivity contribution is 5.43. The Morgan fingerprint density at radius 3 is 2.62 bits per heavy atom. The van der Waals surface area contributed by atoms with Crippen molar-refractivity contribution >= 4 is 0 Å². The molecule has 5 heteroatoms. The van der Waals surface area contributed by atoms with Crippen molar-refractivity contribution in [3.63, 3.8) is 0 Å². The zero-order chi connectivity index (χ0) is 15.7. The highest BCUT2D eigenvalue weighted by atomic mass is 16.5. The van der Waals surface area contributed by atoms with Crippen molar-refractivity contribution in [3.8, 4) is 11.5 Å². The fourth-order valence-corrected chi connectivity index (χ4v) is 1.79. The summed E-state index contributed by atoms with van der Waals surface area (Å²) < 4.78 is 16.2. The van der Waals surface area contributed by atoms with Gasteiger partial charge in [-0.2, -0.15) is 0 Å². The minimum Gasteiger partial charge on any atom is -0.493 e. The monoisotopic (exact) mass is 297 g/mol. The van der Waals surface area contributed by atoms with Gasteiger partial charge in [0.2, 0.25) is 0 Å². The molecule has 1 unspecified atom stereocenters. The highest BCUT2D eigenvalue weighted by Gasteiger charge is 2.11. The van der Waals surface area contributed by atoms with Crippen LogP contribution in [0.25, 0.3) is 0 Å². The predicted molar refractivity (Wildman–Crippen MR) is 82.8 cm³/mol. The number of aliphatic hydroxyl groups is 1. The summed E-state index contributed by atoms with van der Waals surface area (Å²) in [6, 6.07) is 5.49. The summed E-state index contributed by atoms with van der Waals surface area (Å²) in [5, 5.41) is 9.81. The van der Waals surface area contributed by atoms with Gasteiger partial charge in [-0.15, -0.1) is 0 Å². The van der Waals surface area contributed by atoms with Crippen LogP contribution in [0.4, 0.5) is 0 Å². The van der Waals surface area contributed by atoms with Gasteiger partial charge in [-0.3, -0.25) is 0 Å². The van der Waals surface area contributed by atoms with Gasteiger partial charge in [0.1, 0.15) is 12.7 Å². The molecule has 0 radical (unpaired) electrons. The molecule has 2 atom stereocenters. The largest absolute Gasteiger partial charge is 0.493 e. The van der Waals surface area contributed by atoms with Gasteiger partial charge in [0.25, 0.3) is 0 Å². The van der Waals surface area contributed by atoms with Crippen molar-refractivity contribution in [2.45, 2.75) is 38.8 Å². The lowest BCUT2D eigenvalue weighted by atomic mass is 10.1. The molecule has 0 amide bonds. The molecular formula is C16H27NO4. The van der Waals surface area contributed by atoms with Crippen LogP contribution in [0.2, 0.25) is 0 Å². The van der Waals surface area contributed by atoms with E-state index in [1.54, 1.807) is 7.11 Å². The molecule has 120 valence electrons. The Kier molecular flexibility index (Phi) is 8.12. The van der Waals surface area contributed by atoms with Gasteiger partial charge in [-0.1, -0.05) is 19.4 Å². The maximum atomic E-state index is 9.81. The highest BCUT2D eigenvalue weighted by Crippen LogP contribution is 2.29. The first kappa shape index (κ1) is 17.8. The molecule has 0 spiro atoms. The SMILES string of the molecule is CCCCOCC(O)COc1ccc([C@@H](C)N)cc1OC. The number of hydrogen-bond acceptors (Lipinski definition) is 5. The van der Waals surface area contributed by atoms with Crippen molar-refractivity contribution in [2.24, 2.45) is 5.73 Å². The average molecular weight is 297 g/mol. The molecule has 0 heterocycles. The lowest BCUT2D eigenvalue weighted by Gasteiger charge is -2.16. The Morgan fingerprint density at radius 2 is 2.00 bits per heavy atom. The summed E-state index contributed by atoms with van der Waals surface area (Å²) in [7, 11) is 1.58. The van der Waals surface area contributed by atoms with Gasteiger partial charge in [-0.25, -0.2) is 0 Å². The van der Waals surface area contributed by atoms with E-state index < -0.39 is 6.10 Å². The summed E-state index contributed by atoms with van der Waals surface area (Å²) in [5.74, 6) is 1.21. The molecule has 0 aliphatic carbocycles. The van der Waals surface area contributed by atoms with Gasteiger partial charge < -0.3 is 25.1 Å². The molecule has 0 aliphatic heterocycles. The van der Waals surface area contributed by atoms with Crippen molar-refractivity contribution in [3.05, 3.63) is 23.8 Å². The third-order valence-electron chi connectivity index (χ3n) is 3.10. The van der Waals surface area contributed by atoms with Crippen molar-refractivity contribution in [2.75, 3.05) is 26.9 Å². The lowest BCUT2D eigenvalue weighted by molar-refractivity contribution is 0.0108. The molecule has 0 bridgehead atoms.